The van der Waals surface area contributed by atoms with Gasteiger partial charge in [-0.05, 0) is 43.0 Å². The Balaban J connectivity index is 2.10. The first-order valence-electron chi connectivity index (χ1n) is 7.60. The van der Waals surface area contributed by atoms with Crippen LogP contribution in [0.2, 0.25) is 0 Å². The zero-order valence-electron chi connectivity index (χ0n) is 12.7. The van der Waals surface area contributed by atoms with Gasteiger partial charge in [0, 0.05) is 15.8 Å². The van der Waals surface area contributed by atoms with Gasteiger partial charge in [0.25, 0.3) is 0 Å². The number of thiophene rings is 1. The van der Waals surface area contributed by atoms with Crippen molar-refractivity contribution in [1.29, 1.82) is 0 Å². The lowest BCUT2D eigenvalue weighted by Gasteiger charge is -2.25. The van der Waals surface area contributed by atoms with E-state index in [2.05, 4.69) is 68.6 Å². The highest BCUT2D eigenvalue weighted by Gasteiger charge is 2.19. The fourth-order valence-electron chi connectivity index (χ4n) is 2.62. The normalized spacial score (nSPS) is 14.2. The molecule has 1 heterocycles. The molecule has 2 heteroatoms. The molecule has 2 unspecified atom stereocenters. The van der Waals surface area contributed by atoms with Gasteiger partial charge in [-0.1, -0.05) is 51.1 Å². The molecule has 0 radical (unpaired) electrons. The Labute approximate surface area is 127 Å². The monoisotopic (exact) mass is 287 g/mol. The van der Waals surface area contributed by atoms with E-state index >= 15 is 0 Å². The largest absolute Gasteiger partial charge is 0.313 e. The van der Waals surface area contributed by atoms with Gasteiger partial charge in [0.2, 0.25) is 0 Å². The van der Waals surface area contributed by atoms with E-state index in [0.29, 0.717) is 12.0 Å². The fraction of sp³-hybridized carbons (Fsp3) is 0.444. The van der Waals surface area contributed by atoms with Crippen molar-refractivity contribution in [2.24, 2.45) is 0 Å². The van der Waals surface area contributed by atoms with Crippen molar-refractivity contribution in [2.45, 2.75) is 45.6 Å². The van der Waals surface area contributed by atoms with Crippen molar-refractivity contribution >= 4 is 11.3 Å². The molecule has 0 aliphatic heterocycles. The molecule has 2 rings (SSSR count). The summed E-state index contributed by atoms with van der Waals surface area (Å²) in [5, 5.41) is 3.66. The number of rotatable bonds is 7. The number of hydrogen-bond acceptors (Lipinski definition) is 2. The lowest BCUT2D eigenvalue weighted by Crippen LogP contribution is -2.35. The van der Waals surface area contributed by atoms with E-state index in [9.17, 15) is 0 Å². The Morgan fingerprint density at radius 1 is 1.00 bits per heavy atom. The maximum Gasteiger partial charge on any atom is 0.0181 e. The Bertz CT molecular complexity index is 503. The Morgan fingerprint density at radius 3 is 2.30 bits per heavy atom. The summed E-state index contributed by atoms with van der Waals surface area (Å²) in [6.07, 6.45) is 2.26. The average molecular weight is 287 g/mol. The highest BCUT2D eigenvalue weighted by atomic mass is 32.1. The molecule has 0 fully saturated rings. The van der Waals surface area contributed by atoms with Crippen LogP contribution in [0.25, 0.3) is 0 Å². The van der Waals surface area contributed by atoms with E-state index < -0.39 is 0 Å². The van der Waals surface area contributed by atoms with Gasteiger partial charge in [-0.15, -0.1) is 11.3 Å². The van der Waals surface area contributed by atoms with E-state index in [1.807, 2.05) is 11.3 Å². The summed E-state index contributed by atoms with van der Waals surface area (Å²) in [7, 11) is 0. The summed E-state index contributed by atoms with van der Waals surface area (Å²) in [6.45, 7) is 7.77. The summed E-state index contributed by atoms with van der Waals surface area (Å²) < 4.78 is 0. The molecule has 1 N–H and O–H groups in total. The van der Waals surface area contributed by atoms with Gasteiger partial charge in [0.05, 0.1) is 0 Å². The van der Waals surface area contributed by atoms with Crippen molar-refractivity contribution in [1.82, 2.24) is 5.32 Å². The second-order valence-corrected chi connectivity index (χ2v) is 6.54. The molecule has 1 nitrogen and oxygen atoms in total. The molecular formula is C18H25NS. The van der Waals surface area contributed by atoms with Crippen LogP contribution in [0.3, 0.4) is 0 Å². The second kappa shape index (κ2) is 7.61. The summed E-state index contributed by atoms with van der Waals surface area (Å²) in [5.74, 6) is 0.531. The van der Waals surface area contributed by atoms with Crippen molar-refractivity contribution in [3.63, 3.8) is 0 Å². The minimum Gasteiger partial charge on any atom is -0.313 e. The molecule has 0 amide bonds. The summed E-state index contributed by atoms with van der Waals surface area (Å²) in [6, 6.07) is 15.9. The highest BCUT2D eigenvalue weighted by Crippen LogP contribution is 2.25. The van der Waals surface area contributed by atoms with E-state index in [4.69, 9.17) is 0 Å². The molecular weight excluding hydrogens is 262 g/mol. The molecule has 2 aromatic rings. The standard InChI is InChI=1S/C18H25NS/c1-4-16-11-12-17(20-16)13-18(19-5-2)14(3)15-9-7-6-8-10-15/h6-12,14,18-19H,4-5,13H2,1-3H3. The van der Waals surface area contributed by atoms with Crippen LogP contribution in [-0.2, 0) is 12.8 Å². The first-order valence-corrected chi connectivity index (χ1v) is 8.42. The molecule has 0 saturated carbocycles. The molecule has 1 aromatic carbocycles. The van der Waals surface area contributed by atoms with E-state index in [1.165, 1.54) is 15.3 Å². The predicted molar refractivity (Wildman–Crippen MR) is 89.7 cm³/mol. The Hall–Kier alpha value is -1.12. The minimum atomic E-state index is 0.505. The lowest BCUT2D eigenvalue weighted by atomic mass is 9.91. The predicted octanol–water partition coefficient (Wildman–Crippen LogP) is 4.63. The molecule has 0 aliphatic rings. The van der Waals surface area contributed by atoms with Crippen molar-refractivity contribution in [3.8, 4) is 0 Å². The third kappa shape index (κ3) is 3.94. The summed E-state index contributed by atoms with van der Waals surface area (Å²) in [4.78, 5) is 2.98. The number of nitrogens with one attached hydrogen (secondary N) is 1. The molecule has 0 spiro atoms. The van der Waals surface area contributed by atoms with Gasteiger partial charge >= 0.3 is 0 Å². The van der Waals surface area contributed by atoms with Gasteiger partial charge < -0.3 is 5.32 Å². The second-order valence-electron chi connectivity index (χ2n) is 5.29. The number of aryl methyl sites for hydroxylation is 1. The van der Waals surface area contributed by atoms with Crippen LogP contribution in [0.4, 0.5) is 0 Å². The smallest absolute Gasteiger partial charge is 0.0181 e. The Kier molecular flexibility index (Phi) is 5.81. The van der Waals surface area contributed by atoms with Gasteiger partial charge in [-0.2, -0.15) is 0 Å². The quantitative estimate of drug-likeness (QED) is 0.782. The highest BCUT2D eigenvalue weighted by molar-refractivity contribution is 7.11. The van der Waals surface area contributed by atoms with Gasteiger partial charge in [-0.25, -0.2) is 0 Å². The SMILES string of the molecule is CCNC(Cc1ccc(CC)s1)C(C)c1ccccc1. The van der Waals surface area contributed by atoms with E-state index in [-0.39, 0.29) is 0 Å². The van der Waals surface area contributed by atoms with Crippen LogP contribution >= 0.6 is 11.3 Å². The first kappa shape index (κ1) is 15.3. The van der Waals surface area contributed by atoms with E-state index in [1.54, 1.807) is 0 Å². The molecule has 2 atom stereocenters. The van der Waals surface area contributed by atoms with Crippen LogP contribution in [0.15, 0.2) is 42.5 Å². The van der Waals surface area contributed by atoms with E-state index in [0.717, 1.165) is 19.4 Å². The zero-order valence-corrected chi connectivity index (χ0v) is 13.5. The number of hydrogen-bond donors (Lipinski definition) is 1. The summed E-state index contributed by atoms with van der Waals surface area (Å²) >= 11 is 1.96. The fourth-order valence-corrected chi connectivity index (χ4v) is 3.63. The molecule has 0 saturated heterocycles. The Morgan fingerprint density at radius 2 is 1.70 bits per heavy atom. The topological polar surface area (TPSA) is 12.0 Å². The molecule has 1 aromatic heterocycles. The minimum absolute atomic E-state index is 0.505. The van der Waals surface area contributed by atoms with Crippen LogP contribution in [0.5, 0.6) is 0 Å². The molecule has 0 bridgehead atoms. The molecule has 0 aliphatic carbocycles. The first-order chi connectivity index (χ1) is 9.74. The van der Waals surface area contributed by atoms with Gasteiger partial charge in [-0.3, -0.25) is 0 Å². The number of likely N-dealkylation sites (N-methyl/N-ethyl adjacent to an activating group) is 1. The van der Waals surface area contributed by atoms with Crippen molar-refractivity contribution in [3.05, 3.63) is 57.8 Å². The van der Waals surface area contributed by atoms with Crippen LogP contribution < -0.4 is 5.32 Å². The van der Waals surface area contributed by atoms with Crippen molar-refractivity contribution < 1.29 is 0 Å². The number of benzene rings is 1. The third-order valence-electron chi connectivity index (χ3n) is 3.88. The van der Waals surface area contributed by atoms with Crippen molar-refractivity contribution in [2.75, 3.05) is 6.54 Å². The lowest BCUT2D eigenvalue weighted by molar-refractivity contribution is 0.460. The third-order valence-corrected chi connectivity index (χ3v) is 5.13. The van der Waals surface area contributed by atoms with Gasteiger partial charge in [0.15, 0.2) is 0 Å². The molecule has 20 heavy (non-hydrogen) atoms. The van der Waals surface area contributed by atoms with Gasteiger partial charge in [0.1, 0.15) is 0 Å². The van der Waals surface area contributed by atoms with Crippen LogP contribution in [-0.4, -0.2) is 12.6 Å². The zero-order chi connectivity index (χ0) is 14.4. The van der Waals surface area contributed by atoms with Crippen LogP contribution in [0.1, 0.15) is 42.0 Å². The summed E-state index contributed by atoms with van der Waals surface area (Å²) in [5.41, 5.74) is 1.42. The van der Waals surface area contributed by atoms with Crippen LogP contribution in [0, 0.1) is 0 Å². The maximum atomic E-state index is 3.66. The average Bonchev–Trinajstić information content (AvgIpc) is 2.95. The maximum absolute atomic E-state index is 3.66. The molecule has 108 valence electrons.